The summed E-state index contributed by atoms with van der Waals surface area (Å²) in [5.74, 6) is 0.905. The zero-order valence-electron chi connectivity index (χ0n) is 15.8. The summed E-state index contributed by atoms with van der Waals surface area (Å²) in [6.07, 6.45) is 3.22. The molecule has 28 heavy (non-hydrogen) atoms. The number of pyridine rings is 1. The lowest BCUT2D eigenvalue weighted by Gasteiger charge is -2.38. The molecule has 144 valence electrons. The minimum atomic E-state index is -0.281. The van der Waals surface area contributed by atoms with Crippen LogP contribution < -0.4 is 10.1 Å². The summed E-state index contributed by atoms with van der Waals surface area (Å²) in [5.41, 5.74) is 2.82. The molecule has 0 aliphatic heterocycles. The Labute approximate surface area is 164 Å². The molecule has 0 unspecified atom stereocenters. The van der Waals surface area contributed by atoms with Gasteiger partial charge in [0, 0.05) is 11.6 Å². The fourth-order valence-electron chi connectivity index (χ4n) is 3.83. The molecule has 1 atom stereocenters. The lowest BCUT2D eigenvalue weighted by atomic mass is 9.75. The minimum Gasteiger partial charge on any atom is -0.497 e. The first-order valence-electron chi connectivity index (χ1n) is 9.57. The number of hydrogen-bond acceptors (Lipinski definition) is 4. The van der Waals surface area contributed by atoms with Crippen LogP contribution in [0.5, 0.6) is 5.75 Å². The van der Waals surface area contributed by atoms with Crippen molar-refractivity contribution in [2.75, 3.05) is 7.11 Å². The van der Waals surface area contributed by atoms with E-state index in [-0.39, 0.29) is 30.4 Å². The van der Waals surface area contributed by atoms with E-state index in [1.165, 1.54) is 0 Å². The fourth-order valence-corrected chi connectivity index (χ4v) is 3.83. The van der Waals surface area contributed by atoms with Crippen LogP contribution in [0.3, 0.4) is 0 Å². The number of methoxy groups -OCH3 is 1. The first kappa shape index (κ1) is 18.4. The van der Waals surface area contributed by atoms with Crippen LogP contribution in [0.25, 0.3) is 10.9 Å². The molecular weight excluding hydrogens is 352 g/mol. The first-order chi connectivity index (χ1) is 13.6. The maximum Gasteiger partial charge on any atom is 0.224 e. The van der Waals surface area contributed by atoms with Crippen molar-refractivity contribution in [3.05, 3.63) is 71.9 Å². The van der Waals surface area contributed by atoms with E-state index in [9.17, 15) is 9.90 Å². The minimum absolute atomic E-state index is 0.0483. The van der Waals surface area contributed by atoms with E-state index in [1.54, 1.807) is 7.11 Å². The Morgan fingerprint density at radius 1 is 1.21 bits per heavy atom. The van der Waals surface area contributed by atoms with Crippen LogP contribution in [-0.2, 0) is 11.2 Å². The number of aliphatic hydroxyl groups is 1. The van der Waals surface area contributed by atoms with Crippen LogP contribution in [0.1, 0.15) is 30.0 Å². The lowest BCUT2D eigenvalue weighted by molar-refractivity contribution is -0.122. The molecule has 2 N–H and O–H groups in total. The van der Waals surface area contributed by atoms with Gasteiger partial charge in [0.05, 0.1) is 31.2 Å². The van der Waals surface area contributed by atoms with E-state index in [0.29, 0.717) is 12.8 Å². The number of ether oxygens (including phenoxy) is 1. The lowest BCUT2D eigenvalue weighted by Crippen LogP contribution is -2.41. The molecule has 1 heterocycles. The summed E-state index contributed by atoms with van der Waals surface area (Å²) in [7, 11) is 1.61. The van der Waals surface area contributed by atoms with Crippen LogP contribution in [0.4, 0.5) is 0 Å². The van der Waals surface area contributed by atoms with Gasteiger partial charge < -0.3 is 15.2 Å². The molecule has 0 bridgehead atoms. The largest absolute Gasteiger partial charge is 0.497 e. The van der Waals surface area contributed by atoms with Gasteiger partial charge in [-0.15, -0.1) is 0 Å². The zero-order valence-corrected chi connectivity index (χ0v) is 15.8. The van der Waals surface area contributed by atoms with Gasteiger partial charge in [-0.1, -0.05) is 30.3 Å². The van der Waals surface area contributed by atoms with E-state index in [4.69, 9.17) is 4.74 Å². The number of rotatable bonds is 6. The van der Waals surface area contributed by atoms with E-state index in [2.05, 4.69) is 16.4 Å². The number of carbonyl (C=O) groups excluding carboxylic acids is 1. The molecule has 1 aliphatic rings. The fraction of sp³-hybridized carbons (Fsp3) is 0.304. The van der Waals surface area contributed by atoms with E-state index in [0.717, 1.165) is 27.8 Å². The number of para-hydroxylation sites is 1. The normalized spacial score (nSPS) is 19.6. The molecule has 0 radical (unpaired) electrons. The predicted molar refractivity (Wildman–Crippen MR) is 108 cm³/mol. The number of nitrogens with zero attached hydrogens (tertiary/aromatic N) is 1. The topological polar surface area (TPSA) is 71.5 Å². The Morgan fingerprint density at radius 2 is 2.04 bits per heavy atom. The van der Waals surface area contributed by atoms with Crippen molar-refractivity contribution in [1.29, 1.82) is 0 Å². The molecule has 3 aromatic rings. The molecule has 2 aromatic carbocycles. The van der Waals surface area contributed by atoms with Crippen molar-refractivity contribution in [3.63, 3.8) is 0 Å². The van der Waals surface area contributed by atoms with Gasteiger partial charge in [0.1, 0.15) is 5.75 Å². The van der Waals surface area contributed by atoms with Crippen LogP contribution in [0, 0.1) is 5.92 Å². The Hall–Kier alpha value is -2.92. The molecule has 0 spiro atoms. The molecule has 1 saturated carbocycles. The van der Waals surface area contributed by atoms with E-state index in [1.807, 2.05) is 54.7 Å². The summed E-state index contributed by atoms with van der Waals surface area (Å²) in [6.45, 7) is 0. The quantitative estimate of drug-likeness (QED) is 0.692. The summed E-state index contributed by atoms with van der Waals surface area (Å²) in [4.78, 5) is 17.3. The molecule has 1 amide bonds. The van der Waals surface area contributed by atoms with Gasteiger partial charge in [0.15, 0.2) is 0 Å². The molecule has 5 heteroatoms. The van der Waals surface area contributed by atoms with Crippen molar-refractivity contribution in [2.45, 2.75) is 31.4 Å². The average molecular weight is 376 g/mol. The Morgan fingerprint density at radius 3 is 2.82 bits per heavy atom. The zero-order chi connectivity index (χ0) is 19.5. The van der Waals surface area contributed by atoms with E-state index >= 15 is 0 Å². The first-order valence-corrected chi connectivity index (χ1v) is 9.57. The number of fused-ring (bicyclic) bond motifs is 1. The standard InChI is InChI=1S/C23H24N2O3/c1-28-20-7-4-5-15(9-20)10-22(27)25-23(17-12-19(26)13-17)18-11-16-6-2-3-8-21(16)24-14-18/h2-9,11,14,17,19,23,26H,10,12-13H2,1H3,(H,25,27)/t17?,19?,23-/m0/s1. The van der Waals surface area contributed by atoms with Crippen LogP contribution in [0.15, 0.2) is 60.8 Å². The van der Waals surface area contributed by atoms with Crippen molar-refractivity contribution >= 4 is 16.8 Å². The van der Waals surface area contributed by atoms with Gasteiger partial charge >= 0.3 is 0 Å². The second-order valence-electron chi connectivity index (χ2n) is 7.42. The highest BCUT2D eigenvalue weighted by Gasteiger charge is 2.35. The Bertz CT molecular complexity index is 982. The molecule has 1 fully saturated rings. The second-order valence-corrected chi connectivity index (χ2v) is 7.42. The highest BCUT2D eigenvalue weighted by atomic mass is 16.5. The summed E-state index contributed by atoms with van der Waals surface area (Å²) >= 11 is 0. The van der Waals surface area contributed by atoms with Gasteiger partial charge in [-0.25, -0.2) is 0 Å². The third kappa shape index (κ3) is 3.99. The van der Waals surface area contributed by atoms with Crippen molar-refractivity contribution in [1.82, 2.24) is 10.3 Å². The molecule has 1 aromatic heterocycles. The third-order valence-corrected chi connectivity index (χ3v) is 5.41. The Balaban J connectivity index is 1.54. The summed E-state index contributed by atoms with van der Waals surface area (Å²) in [6, 6.07) is 17.4. The maximum atomic E-state index is 12.8. The highest BCUT2D eigenvalue weighted by molar-refractivity contribution is 5.81. The molecule has 5 nitrogen and oxygen atoms in total. The number of carbonyl (C=O) groups is 1. The molecular formula is C23H24N2O3. The van der Waals surface area contributed by atoms with Crippen LogP contribution in [-0.4, -0.2) is 29.2 Å². The van der Waals surface area contributed by atoms with Gasteiger partial charge in [-0.2, -0.15) is 0 Å². The van der Waals surface area contributed by atoms with Crippen LogP contribution >= 0.6 is 0 Å². The van der Waals surface area contributed by atoms with Crippen molar-refractivity contribution < 1.29 is 14.6 Å². The number of nitrogens with one attached hydrogen (secondary N) is 1. The average Bonchev–Trinajstić information content (AvgIpc) is 2.69. The smallest absolute Gasteiger partial charge is 0.224 e. The number of amides is 1. The molecule has 4 rings (SSSR count). The predicted octanol–water partition coefficient (Wildman–Crippen LogP) is 3.41. The number of benzene rings is 2. The van der Waals surface area contributed by atoms with Crippen LogP contribution in [0.2, 0.25) is 0 Å². The molecule has 0 saturated heterocycles. The summed E-state index contributed by atoms with van der Waals surface area (Å²) in [5, 5.41) is 14.0. The monoisotopic (exact) mass is 376 g/mol. The molecule has 1 aliphatic carbocycles. The van der Waals surface area contributed by atoms with Crippen molar-refractivity contribution in [2.24, 2.45) is 5.92 Å². The third-order valence-electron chi connectivity index (χ3n) is 5.41. The van der Waals surface area contributed by atoms with Gasteiger partial charge in [0.2, 0.25) is 5.91 Å². The maximum absolute atomic E-state index is 12.8. The van der Waals surface area contributed by atoms with Gasteiger partial charge in [-0.3, -0.25) is 9.78 Å². The SMILES string of the molecule is COc1cccc(CC(=O)N[C@H](c2cnc3ccccc3c2)C2CC(O)C2)c1. The number of aromatic nitrogens is 1. The van der Waals surface area contributed by atoms with Gasteiger partial charge in [-0.05, 0) is 54.2 Å². The Kier molecular flexibility index (Phi) is 5.26. The number of aliphatic hydroxyl groups excluding tert-OH is 1. The second kappa shape index (κ2) is 7.98. The highest BCUT2D eigenvalue weighted by Crippen LogP contribution is 2.38. The summed E-state index contributed by atoms with van der Waals surface area (Å²) < 4.78 is 5.24. The number of hydrogen-bond donors (Lipinski definition) is 2. The van der Waals surface area contributed by atoms with E-state index < -0.39 is 0 Å². The van der Waals surface area contributed by atoms with Crippen molar-refractivity contribution in [3.8, 4) is 5.75 Å². The van der Waals surface area contributed by atoms with Gasteiger partial charge in [0.25, 0.3) is 0 Å².